The van der Waals surface area contributed by atoms with E-state index in [9.17, 15) is 9.59 Å². The van der Waals surface area contributed by atoms with Gasteiger partial charge >= 0.3 is 0 Å². The molecule has 1 saturated heterocycles. The Morgan fingerprint density at radius 1 is 1.25 bits per heavy atom. The first kappa shape index (κ1) is 16.1. The van der Waals surface area contributed by atoms with E-state index in [-0.39, 0.29) is 11.8 Å². The van der Waals surface area contributed by atoms with Crippen molar-refractivity contribution in [3.8, 4) is 5.75 Å². The van der Waals surface area contributed by atoms with E-state index >= 15 is 0 Å². The first-order valence-corrected chi connectivity index (χ1v) is 7.87. The predicted molar refractivity (Wildman–Crippen MR) is 87.5 cm³/mol. The Balaban J connectivity index is 1.69. The van der Waals surface area contributed by atoms with Crippen molar-refractivity contribution in [3.63, 3.8) is 0 Å². The third-order valence-corrected chi connectivity index (χ3v) is 4.39. The summed E-state index contributed by atoms with van der Waals surface area (Å²) in [4.78, 5) is 26.0. The lowest BCUT2D eigenvalue weighted by molar-refractivity contribution is -0.122. The van der Waals surface area contributed by atoms with Gasteiger partial charge in [0.1, 0.15) is 11.5 Å². The summed E-state index contributed by atoms with van der Waals surface area (Å²) in [5.74, 6) is 0.213. The Labute approximate surface area is 140 Å². The SMILES string of the molecule is Cc1occc1C(=O)N1C[C@@H](COc2ccccc2)[C@H](C(N)=O)C1. The van der Waals surface area contributed by atoms with Crippen LogP contribution in [0.3, 0.4) is 0 Å². The van der Waals surface area contributed by atoms with Crippen LogP contribution < -0.4 is 10.5 Å². The molecule has 126 valence electrons. The largest absolute Gasteiger partial charge is 0.493 e. The highest BCUT2D eigenvalue weighted by molar-refractivity contribution is 5.95. The number of ether oxygens (including phenoxy) is 1. The molecule has 6 heteroatoms. The Morgan fingerprint density at radius 3 is 2.62 bits per heavy atom. The molecule has 0 bridgehead atoms. The van der Waals surface area contributed by atoms with Crippen LogP contribution in [0.4, 0.5) is 0 Å². The Morgan fingerprint density at radius 2 is 2.00 bits per heavy atom. The number of benzene rings is 1. The van der Waals surface area contributed by atoms with Crippen LogP contribution in [-0.4, -0.2) is 36.4 Å². The molecule has 6 nitrogen and oxygen atoms in total. The summed E-state index contributed by atoms with van der Waals surface area (Å²) in [6.45, 7) is 2.82. The molecule has 0 aliphatic carbocycles. The summed E-state index contributed by atoms with van der Waals surface area (Å²) in [6.07, 6.45) is 1.49. The molecule has 3 rings (SSSR count). The summed E-state index contributed by atoms with van der Waals surface area (Å²) >= 11 is 0. The molecular formula is C18H20N2O4. The number of furan rings is 1. The van der Waals surface area contributed by atoms with Gasteiger partial charge in [0, 0.05) is 19.0 Å². The van der Waals surface area contributed by atoms with Crippen molar-refractivity contribution in [1.29, 1.82) is 0 Å². The topological polar surface area (TPSA) is 85.8 Å². The average Bonchev–Trinajstić information content (AvgIpc) is 3.19. The maximum Gasteiger partial charge on any atom is 0.257 e. The van der Waals surface area contributed by atoms with E-state index in [4.69, 9.17) is 14.9 Å². The third-order valence-electron chi connectivity index (χ3n) is 4.39. The van der Waals surface area contributed by atoms with E-state index in [1.807, 2.05) is 30.3 Å². The van der Waals surface area contributed by atoms with Gasteiger partial charge in [0.25, 0.3) is 5.91 Å². The quantitative estimate of drug-likeness (QED) is 0.907. The Hall–Kier alpha value is -2.76. The molecule has 1 fully saturated rings. The minimum absolute atomic E-state index is 0.126. The summed E-state index contributed by atoms with van der Waals surface area (Å²) in [6, 6.07) is 11.0. The van der Waals surface area contributed by atoms with Gasteiger partial charge in [0.2, 0.25) is 5.91 Å². The monoisotopic (exact) mass is 328 g/mol. The third kappa shape index (κ3) is 3.27. The highest BCUT2D eigenvalue weighted by atomic mass is 16.5. The molecule has 1 aromatic carbocycles. The van der Waals surface area contributed by atoms with Crippen LogP contribution in [0, 0.1) is 18.8 Å². The molecule has 2 heterocycles. The summed E-state index contributed by atoms with van der Waals surface area (Å²) in [5, 5.41) is 0. The zero-order chi connectivity index (χ0) is 17.1. The van der Waals surface area contributed by atoms with E-state index in [0.29, 0.717) is 31.0 Å². The number of rotatable bonds is 5. The molecule has 0 saturated carbocycles. The lowest BCUT2D eigenvalue weighted by Gasteiger charge is -2.16. The molecule has 1 aliphatic rings. The van der Waals surface area contributed by atoms with Crippen LogP contribution in [0.15, 0.2) is 47.1 Å². The first-order valence-electron chi connectivity index (χ1n) is 7.87. The van der Waals surface area contributed by atoms with Gasteiger partial charge in [-0.15, -0.1) is 0 Å². The maximum atomic E-state index is 12.6. The van der Waals surface area contributed by atoms with E-state index < -0.39 is 11.8 Å². The van der Waals surface area contributed by atoms with Crippen LogP contribution in [0.1, 0.15) is 16.1 Å². The van der Waals surface area contributed by atoms with Crippen molar-refractivity contribution in [1.82, 2.24) is 4.90 Å². The second-order valence-corrected chi connectivity index (χ2v) is 5.99. The number of para-hydroxylation sites is 1. The Bertz CT molecular complexity index is 726. The van der Waals surface area contributed by atoms with Crippen LogP contribution in [0.5, 0.6) is 5.75 Å². The van der Waals surface area contributed by atoms with Crippen molar-refractivity contribution in [2.45, 2.75) is 6.92 Å². The number of aryl methyl sites for hydroxylation is 1. The number of hydrogen-bond donors (Lipinski definition) is 1. The highest BCUT2D eigenvalue weighted by Crippen LogP contribution is 2.26. The fourth-order valence-corrected chi connectivity index (χ4v) is 3.03. The number of nitrogens with two attached hydrogens (primary N) is 1. The number of nitrogens with zero attached hydrogens (tertiary/aromatic N) is 1. The highest BCUT2D eigenvalue weighted by Gasteiger charge is 2.39. The number of hydrogen-bond acceptors (Lipinski definition) is 4. The fourth-order valence-electron chi connectivity index (χ4n) is 3.03. The van der Waals surface area contributed by atoms with Crippen LogP contribution >= 0.6 is 0 Å². The summed E-state index contributed by atoms with van der Waals surface area (Å²) in [5.41, 5.74) is 6.03. The molecule has 0 unspecified atom stereocenters. The van der Waals surface area contributed by atoms with E-state index in [1.165, 1.54) is 6.26 Å². The lowest BCUT2D eigenvalue weighted by atomic mass is 9.96. The van der Waals surface area contributed by atoms with Crippen molar-refractivity contribution in [2.75, 3.05) is 19.7 Å². The van der Waals surface area contributed by atoms with Gasteiger partial charge in [-0.05, 0) is 25.1 Å². The van der Waals surface area contributed by atoms with Crippen molar-refractivity contribution >= 4 is 11.8 Å². The van der Waals surface area contributed by atoms with Gasteiger partial charge in [0.15, 0.2) is 0 Å². The van der Waals surface area contributed by atoms with Gasteiger partial charge in [-0.3, -0.25) is 9.59 Å². The van der Waals surface area contributed by atoms with Gasteiger partial charge in [-0.1, -0.05) is 18.2 Å². The number of amides is 2. The molecule has 2 amide bonds. The van der Waals surface area contributed by atoms with E-state index in [2.05, 4.69) is 0 Å². The minimum atomic E-state index is -0.412. The maximum absolute atomic E-state index is 12.6. The van der Waals surface area contributed by atoms with E-state index in [1.54, 1.807) is 17.9 Å². The van der Waals surface area contributed by atoms with Crippen molar-refractivity contribution in [3.05, 3.63) is 54.0 Å². The van der Waals surface area contributed by atoms with Crippen LogP contribution in [-0.2, 0) is 4.79 Å². The Kier molecular flexibility index (Phi) is 4.55. The number of carbonyl (C=O) groups is 2. The molecule has 1 aliphatic heterocycles. The number of carbonyl (C=O) groups excluding carboxylic acids is 2. The van der Waals surface area contributed by atoms with Gasteiger partial charge < -0.3 is 19.8 Å². The smallest absolute Gasteiger partial charge is 0.257 e. The van der Waals surface area contributed by atoms with Crippen molar-refractivity contribution in [2.24, 2.45) is 17.6 Å². The molecule has 2 aromatic rings. The fraction of sp³-hybridized carbons (Fsp3) is 0.333. The second-order valence-electron chi connectivity index (χ2n) is 5.99. The zero-order valence-corrected chi connectivity index (χ0v) is 13.5. The van der Waals surface area contributed by atoms with Crippen molar-refractivity contribution < 1.29 is 18.7 Å². The van der Waals surface area contributed by atoms with Gasteiger partial charge in [0.05, 0.1) is 24.4 Å². The summed E-state index contributed by atoms with van der Waals surface area (Å²) < 4.78 is 10.9. The molecule has 2 atom stereocenters. The number of primary amides is 1. The minimum Gasteiger partial charge on any atom is -0.493 e. The lowest BCUT2D eigenvalue weighted by Crippen LogP contribution is -2.32. The number of likely N-dealkylation sites (tertiary alicyclic amines) is 1. The molecule has 0 spiro atoms. The van der Waals surface area contributed by atoms with Crippen LogP contribution in [0.25, 0.3) is 0 Å². The van der Waals surface area contributed by atoms with Gasteiger partial charge in [-0.2, -0.15) is 0 Å². The molecule has 0 radical (unpaired) electrons. The molecular weight excluding hydrogens is 308 g/mol. The predicted octanol–water partition coefficient (Wildman–Crippen LogP) is 1.84. The first-order chi connectivity index (χ1) is 11.6. The van der Waals surface area contributed by atoms with Gasteiger partial charge in [-0.25, -0.2) is 0 Å². The van der Waals surface area contributed by atoms with E-state index in [0.717, 1.165) is 5.75 Å². The molecule has 24 heavy (non-hydrogen) atoms. The summed E-state index contributed by atoms with van der Waals surface area (Å²) in [7, 11) is 0. The zero-order valence-electron chi connectivity index (χ0n) is 13.5. The average molecular weight is 328 g/mol. The normalized spacial score (nSPS) is 20.1. The standard InChI is InChI=1S/C18H20N2O4/c1-12-15(7-8-23-12)18(22)20-9-13(16(10-20)17(19)21)11-24-14-5-3-2-4-6-14/h2-8,13,16H,9-11H2,1H3,(H2,19,21)/t13-,16+/m0/s1. The van der Waals surface area contributed by atoms with Crippen LogP contribution in [0.2, 0.25) is 0 Å². The molecule has 2 N–H and O–H groups in total. The molecule has 1 aromatic heterocycles. The second kappa shape index (κ2) is 6.78.